The fraction of sp³-hybridized carbons (Fsp3) is 0.0625. The SMILES string of the molecule is Cc1oc2ccccc2c1C(=O)c1ccccc1. The van der Waals surface area contributed by atoms with Crippen LogP contribution in [0.15, 0.2) is 59.0 Å². The molecule has 0 radical (unpaired) electrons. The molecular weight excluding hydrogens is 224 g/mol. The van der Waals surface area contributed by atoms with Gasteiger partial charge in [-0.1, -0.05) is 48.5 Å². The van der Waals surface area contributed by atoms with E-state index < -0.39 is 0 Å². The molecule has 88 valence electrons. The number of para-hydroxylation sites is 1. The lowest BCUT2D eigenvalue weighted by Gasteiger charge is -1.99. The third-order valence-corrected chi connectivity index (χ3v) is 3.03. The number of hydrogen-bond acceptors (Lipinski definition) is 2. The van der Waals surface area contributed by atoms with E-state index in [1.165, 1.54) is 0 Å². The van der Waals surface area contributed by atoms with Crippen molar-refractivity contribution in [2.24, 2.45) is 0 Å². The third-order valence-electron chi connectivity index (χ3n) is 3.03. The van der Waals surface area contributed by atoms with Gasteiger partial charge < -0.3 is 4.42 Å². The van der Waals surface area contributed by atoms with Crippen molar-refractivity contribution in [3.63, 3.8) is 0 Å². The van der Waals surface area contributed by atoms with Crippen LogP contribution in [0.1, 0.15) is 21.7 Å². The normalized spacial score (nSPS) is 10.7. The van der Waals surface area contributed by atoms with Crippen LogP contribution >= 0.6 is 0 Å². The zero-order valence-corrected chi connectivity index (χ0v) is 10.0. The van der Waals surface area contributed by atoms with Gasteiger partial charge in [0.2, 0.25) is 0 Å². The second kappa shape index (κ2) is 4.15. The van der Waals surface area contributed by atoms with Gasteiger partial charge in [-0.15, -0.1) is 0 Å². The van der Waals surface area contributed by atoms with E-state index in [9.17, 15) is 4.79 Å². The van der Waals surface area contributed by atoms with Crippen molar-refractivity contribution >= 4 is 16.8 Å². The maximum Gasteiger partial charge on any atom is 0.197 e. The molecule has 2 heteroatoms. The number of fused-ring (bicyclic) bond motifs is 1. The summed E-state index contributed by atoms with van der Waals surface area (Å²) in [6, 6.07) is 16.9. The Kier molecular flexibility index (Phi) is 2.49. The van der Waals surface area contributed by atoms with Crippen LogP contribution in [0.3, 0.4) is 0 Å². The molecule has 3 aromatic rings. The Balaban J connectivity index is 2.21. The van der Waals surface area contributed by atoms with Crippen LogP contribution in [0.5, 0.6) is 0 Å². The zero-order chi connectivity index (χ0) is 12.5. The first-order chi connectivity index (χ1) is 8.77. The number of carbonyl (C=O) groups is 1. The largest absolute Gasteiger partial charge is 0.461 e. The van der Waals surface area contributed by atoms with Crippen molar-refractivity contribution in [2.45, 2.75) is 6.92 Å². The second-order valence-electron chi connectivity index (χ2n) is 4.22. The molecule has 0 fully saturated rings. The molecule has 0 aliphatic rings. The first-order valence-corrected chi connectivity index (χ1v) is 5.85. The minimum absolute atomic E-state index is 0.0121. The minimum atomic E-state index is 0.0121. The van der Waals surface area contributed by atoms with Gasteiger partial charge >= 0.3 is 0 Å². The number of hydrogen-bond donors (Lipinski definition) is 0. The lowest BCUT2D eigenvalue weighted by atomic mass is 10.0. The highest BCUT2D eigenvalue weighted by Gasteiger charge is 2.18. The number of rotatable bonds is 2. The summed E-state index contributed by atoms with van der Waals surface area (Å²) in [4.78, 5) is 12.5. The molecule has 2 aromatic carbocycles. The van der Waals surface area contributed by atoms with E-state index in [1.807, 2.05) is 61.5 Å². The summed E-state index contributed by atoms with van der Waals surface area (Å²) >= 11 is 0. The van der Waals surface area contributed by atoms with Crippen molar-refractivity contribution in [2.75, 3.05) is 0 Å². The number of ketones is 1. The van der Waals surface area contributed by atoms with Gasteiger partial charge in [-0.3, -0.25) is 4.79 Å². The van der Waals surface area contributed by atoms with Crippen molar-refractivity contribution in [1.82, 2.24) is 0 Å². The maximum atomic E-state index is 12.5. The third kappa shape index (κ3) is 1.63. The van der Waals surface area contributed by atoms with E-state index in [2.05, 4.69) is 0 Å². The van der Waals surface area contributed by atoms with E-state index in [-0.39, 0.29) is 5.78 Å². The molecule has 18 heavy (non-hydrogen) atoms. The minimum Gasteiger partial charge on any atom is -0.461 e. The molecule has 0 unspecified atom stereocenters. The lowest BCUT2D eigenvalue weighted by molar-refractivity contribution is 0.103. The Labute approximate surface area is 105 Å². The van der Waals surface area contributed by atoms with Gasteiger partial charge in [0.1, 0.15) is 11.3 Å². The van der Waals surface area contributed by atoms with Gasteiger partial charge in [0.25, 0.3) is 0 Å². The molecule has 0 amide bonds. The van der Waals surface area contributed by atoms with Crippen molar-refractivity contribution in [1.29, 1.82) is 0 Å². The van der Waals surface area contributed by atoms with Crippen molar-refractivity contribution < 1.29 is 9.21 Å². The van der Waals surface area contributed by atoms with Crippen LogP contribution in [0.2, 0.25) is 0 Å². The molecule has 0 saturated carbocycles. The molecule has 1 aromatic heterocycles. The van der Waals surface area contributed by atoms with E-state index in [0.717, 1.165) is 11.0 Å². The topological polar surface area (TPSA) is 30.2 Å². The fourth-order valence-electron chi connectivity index (χ4n) is 2.18. The molecule has 0 aliphatic heterocycles. The van der Waals surface area contributed by atoms with Crippen molar-refractivity contribution in [3.8, 4) is 0 Å². The first kappa shape index (κ1) is 10.8. The Morgan fingerprint density at radius 2 is 1.61 bits per heavy atom. The Morgan fingerprint density at radius 1 is 0.944 bits per heavy atom. The predicted octanol–water partition coefficient (Wildman–Crippen LogP) is 3.97. The van der Waals surface area contributed by atoms with Crippen LogP contribution in [0, 0.1) is 6.92 Å². The highest BCUT2D eigenvalue weighted by Crippen LogP contribution is 2.27. The van der Waals surface area contributed by atoms with E-state index in [0.29, 0.717) is 16.9 Å². The molecule has 2 nitrogen and oxygen atoms in total. The number of benzene rings is 2. The summed E-state index contributed by atoms with van der Waals surface area (Å²) in [5, 5.41) is 0.879. The van der Waals surface area contributed by atoms with Crippen LogP contribution in [0.4, 0.5) is 0 Å². The summed E-state index contributed by atoms with van der Waals surface area (Å²) < 4.78 is 5.62. The summed E-state index contributed by atoms with van der Waals surface area (Å²) in [5.41, 5.74) is 2.11. The highest BCUT2D eigenvalue weighted by atomic mass is 16.3. The van der Waals surface area contributed by atoms with Gasteiger partial charge in [-0.05, 0) is 13.0 Å². The molecule has 0 aliphatic carbocycles. The molecule has 0 atom stereocenters. The van der Waals surface area contributed by atoms with Crippen LogP contribution in [-0.2, 0) is 0 Å². The highest BCUT2D eigenvalue weighted by molar-refractivity contribution is 6.16. The van der Waals surface area contributed by atoms with Gasteiger partial charge in [-0.2, -0.15) is 0 Å². The smallest absolute Gasteiger partial charge is 0.197 e. The number of furan rings is 1. The van der Waals surface area contributed by atoms with Gasteiger partial charge in [0.15, 0.2) is 5.78 Å². The van der Waals surface area contributed by atoms with E-state index in [1.54, 1.807) is 0 Å². The number of aryl methyl sites for hydroxylation is 1. The number of carbonyl (C=O) groups excluding carboxylic acids is 1. The standard InChI is InChI=1S/C16H12O2/c1-11-15(13-9-5-6-10-14(13)18-11)16(17)12-7-3-2-4-8-12/h2-10H,1H3. The first-order valence-electron chi connectivity index (χ1n) is 5.85. The zero-order valence-electron chi connectivity index (χ0n) is 10.0. The average molecular weight is 236 g/mol. The molecule has 0 saturated heterocycles. The Hall–Kier alpha value is -2.35. The lowest BCUT2D eigenvalue weighted by Crippen LogP contribution is -2.01. The van der Waals surface area contributed by atoms with E-state index in [4.69, 9.17) is 4.42 Å². The average Bonchev–Trinajstić information content (AvgIpc) is 2.75. The summed E-state index contributed by atoms with van der Waals surface area (Å²) in [5.74, 6) is 0.683. The van der Waals surface area contributed by atoms with Crippen LogP contribution < -0.4 is 0 Å². The molecule has 0 spiro atoms. The summed E-state index contributed by atoms with van der Waals surface area (Å²) in [7, 11) is 0. The maximum absolute atomic E-state index is 12.5. The monoisotopic (exact) mass is 236 g/mol. The van der Waals surface area contributed by atoms with Crippen molar-refractivity contribution in [3.05, 3.63) is 71.5 Å². The van der Waals surface area contributed by atoms with Crippen LogP contribution in [0.25, 0.3) is 11.0 Å². The quantitative estimate of drug-likeness (QED) is 0.630. The molecule has 0 N–H and O–H groups in total. The van der Waals surface area contributed by atoms with Gasteiger partial charge in [0.05, 0.1) is 5.56 Å². The fourth-order valence-corrected chi connectivity index (χ4v) is 2.18. The second-order valence-corrected chi connectivity index (χ2v) is 4.22. The molecule has 1 heterocycles. The molecular formula is C16H12O2. The molecule has 0 bridgehead atoms. The Morgan fingerprint density at radius 3 is 2.39 bits per heavy atom. The predicted molar refractivity (Wildman–Crippen MR) is 70.8 cm³/mol. The van der Waals surface area contributed by atoms with Gasteiger partial charge in [0, 0.05) is 10.9 Å². The Bertz CT molecular complexity index is 708. The van der Waals surface area contributed by atoms with Gasteiger partial charge in [-0.25, -0.2) is 0 Å². The van der Waals surface area contributed by atoms with E-state index >= 15 is 0 Å². The summed E-state index contributed by atoms with van der Waals surface area (Å²) in [6.45, 7) is 1.83. The van der Waals surface area contributed by atoms with Crippen LogP contribution in [-0.4, -0.2) is 5.78 Å². The molecule has 3 rings (SSSR count). The summed E-state index contributed by atoms with van der Waals surface area (Å²) in [6.07, 6.45) is 0.